The molecule has 7 aliphatic heterocycles. The predicted octanol–water partition coefficient (Wildman–Crippen LogP) is 5.87. The second kappa shape index (κ2) is 50.1. The first-order chi connectivity index (χ1) is 69.3. The van der Waals surface area contributed by atoms with Crippen molar-refractivity contribution in [3.05, 3.63) is 215 Å². The van der Waals surface area contributed by atoms with Crippen molar-refractivity contribution in [1.29, 1.82) is 10.5 Å². The van der Waals surface area contributed by atoms with Crippen molar-refractivity contribution < 1.29 is 157 Å². The molecule has 7 saturated heterocycles. The van der Waals surface area contributed by atoms with E-state index in [-0.39, 0.29) is 144 Å². The topological polar surface area (TPSA) is 568 Å². The summed E-state index contributed by atoms with van der Waals surface area (Å²) in [7, 11) is -16.2. The minimum Gasteiger partial charge on any atom is -0.454 e. The molecule has 46 nitrogen and oxygen atoms in total. The number of carbonyl (C=O) groups is 8. The molecule has 0 saturated carbocycles. The number of methoxy groups -OCH3 is 1. The molecule has 7 heterocycles. The van der Waals surface area contributed by atoms with Crippen molar-refractivity contribution >= 4 is 99.5 Å². The lowest BCUT2D eigenvalue weighted by Crippen LogP contribution is -2.63. The molecule has 776 valence electrons. The number of ether oxygens (including phenoxy) is 9. The second-order valence-corrected chi connectivity index (χ2v) is 39.9. The SMILES string of the molecule is COCCOC(=O)N1CCN(S(=O)(=O)c2ccc(Oc3ccc(C#N)cc3)c(F)c2)[C@@H](C(=O)NO)C1.N#Cc1ccc(Oc2ccc(S(=O)(=O)N3CCN(C(=O)N4CCOCC4)C[C@@H]3C(=O)NO)cc2F)cc1.O=C(NO)[C@H]1CN(C(=O)N2CCOCC2)CCN1S(=O)(=O)c1ccc(Oc2ccc(Cl)cc2)c(F)c1.O=C(NO)[C@H]1CN(C(=O)N2CCOCC2)CCN1S(=O)(=O)c1ccc(Oc2ccc(F)cc2)c(F)c1. The van der Waals surface area contributed by atoms with Crippen molar-refractivity contribution in [2.75, 3.05) is 178 Å². The van der Waals surface area contributed by atoms with Gasteiger partial charge < -0.3 is 76.9 Å². The number of nitriles is 2. The Morgan fingerprint density at radius 2 is 0.600 bits per heavy atom. The molecule has 145 heavy (non-hydrogen) atoms. The average Bonchev–Trinajstić information content (AvgIpc) is 0.783. The standard InChI is InChI=1S/C23H24FN5O7S.C22H24ClFN4O7S.C22H24F2N4O7S.C22H23FN4O8S/c24-19-13-18(5-6-21(19)36-17-3-1-16(14-25)2-4-17)37(33,34)29-8-7-28(15-20(29)22(30)26-32)23(31)27-9-11-35-12-10-27;2*23-15-1-3-16(4-2-15)35-20-6-5-17(13-18(20)24)36(32,33)28-8-7-27(14-19(28)21(29)25-31)22(30)26-9-11-34-12-10-26;1-33-10-11-34-22(29)26-8-9-27(19(14-26)21(28)25-30)36(31,32)17-6-7-20(18(23)12-17)35-16-4-2-15(13-24)3-5-16/h1-6,13,20,32H,7-12,15H2,(H,26,30);2*1-6,13,19,31H,7-12,14H2,(H,25,29);2-7,12,19,30H,8-11,14H2,1H3,(H,25,28)/t20-;3*19-/m1111/s1. The molecule has 8 aromatic rings. The monoisotopic (exact) mass is 2120 g/mol. The summed E-state index contributed by atoms with van der Waals surface area (Å²) in [5, 5.41) is 55.0. The van der Waals surface area contributed by atoms with Crippen LogP contribution in [-0.2, 0) is 83.0 Å². The first-order valence-electron chi connectivity index (χ1n) is 43.9. The number of piperazine rings is 4. The first kappa shape index (κ1) is 110. The summed E-state index contributed by atoms with van der Waals surface area (Å²) in [4.78, 5) is 108. The molecule has 0 unspecified atom stereocenters. The third-order valence-electron chi connectivity index (χ3n) is 22.9. The lowest BCUT2D eigenvalue weighted by molar-refractivity contribution is -0.135. The van der Waals surface area contributed by atoms with Gasteiger partial charge in [-0.25, -0.2) is 96.7 Å². The third kappa shape index (κ3) is 27.4. The Morgan fingerprint density at radius 3 is 0.848 bits per heavy atom. The first-order valence-corrected chi connectivity index (χ1v) is 50.0. The number of rotatable bonds is 23. The number of nitrogens with zero attached hydrogens (tertiary/aromatic N) is 13. The van der Waals surface area contributed by atoms with Crippen molar-refractivity contribution in [2.24, 2.45) is 0 Å². The molecule has 0 spiro atoms. The van der Waals surface area contributed by atoms with E-state index in [4.69, 9.17) is 70.0 Å². The summed E-state index contributed by atoms with van der Waals surface area (Å²) >= 11 is 5.83. The van der Waals surface area contributed by atoms with Crippen LogP contribution >= 0.6 is 11.6 Å². The predicted molar refractivity (Wildman–Crippen MR) is 489 cm³/mol. The maximum atomic E-state index is 14.8. The summed E-state index contributed by atoms with van der Waals surface area (Å²) in [6, 6.07) is 31.9. The highest BCUT2D eigenvalue weighted by atomic mass is 35.5. The molecule has 11 amide bonds. The van der Waals surface area contributed by atoms with Gasteiger partial charge in [0.15, 0.2) is 46.3 Å². The zero-order chi connectivity index (χ0) is 105. The number of morpholine rings is 3. The van der Waals surface area contributed by atoms with E-state index in [1.54, 1.807) is 21.9 Å². The highest BCUT2D eigenvalue weighted by molar-refractivity contribution is 7.90. The Hall–Kier alpha value is -13.8. The Labute approximate surface area is 831 Å². The molecular formula is C89H95ClF5N17O29S4. The van der Waals surface area contributed by atoms with Crippen LogP contribution in [0.5, 0.6) is 46.0 Å². The quantitative estimate of drug-likeness (QED) is 0.0161. The van der Waals surface area contributed by atoms with Crippen molar-refractivity contribution in [1.82, 2.24) is 73.4 Å². The molecule has 56 heteroatoms. The minimum atomic E-state index is -4.43. The number of benzene rings is 8. The number of sulfonamides is 4. The molecule has 0 aliphatic carbocycles. The molecule has 8 aromatic carbocycles. The maximum Gasteiger partial charge on any atom is 0.409 e. The second-order valence-electron chi connectivity index (χ2n) is 31.9. The van der Waals surface area contributed by atoms with E-state index < -0.39 is 149 Å². The van der Waals surface area contributed by atoms with Crippen LogP contribution in [0.1, 0.15) is 11.1 Å². The van der Waals surface area contributed by atoms with Crippen LogP contribution in [0, 0.1) is 51.7 Å². The number of hydrogen-bond acceptors (Lipinski definition) is 31. The smallest absolute Gasteiger partial charge is 0.409 e. The van der Waals surface area contributed by atoms with E-state index in [1.807, 2.05) is 12.1 Å². The van der Waals surface area contributed by atoms with E-state index >= 15 is 0 Å². The Kier molecular flexibility index (Phi) is 38.0. The fraction of sp³-hybridized carbons (Fsp3) is 0.348. The molecule has 4 atom stereocenters. The molecule has 0 radical (unpaired) electrons. The van der Waals surface area contributed by atoms with Crippen molar-refractivity contribution in [3.8, 4) is 58.1 Å². The van der Waals surface area contributed by atoms with Crippen LogP contribution in [0.2, 0.25) is 5.02 Å². The summed E-state index contributed by atoms with van der Waals surface area (Å²) in [5.41, 5.74) is 6.53. The summed E-state index contributed by atoms with van der Waals surface area (Å²) in [6.45, 7) is 2.06. The fourth-order valence-electron chi connectivity index (χ4n) is 15.4. The number of carbonyl (C=O) groups excluding carboxylic acids is 8. The van der Waals surface area contributed by atoms with Crippen LogP contribution in [-0.4, -0.2) is 356 Å². The van der Waals surface area contributed by atoms with Crippen LogP contribution in [0.15, 0.2) is 189 Å². The van der Waals surface area contributed by atoms with Crippen LogP contribution in [0.3, 0.4) is 0 Å². The van der Waals surface area contributed by atoms with Gasteiger partial charge in [-0.3, -0.25) is 40.0 Å². The van der Waals surface area contributed by atoms with Gasteiger partial charge in [0.25, 0.3) is 23.6 Å². The largest absolute Gasteiger partial charge is 0.454 e. The summed E-state index contributed by atoms with van der Waals surface area (Å²) in [6.07, 6.45) is -0.782. The summed E-state index contributed by atoms with van der Waals surface area (Å²) in [5.74, 6) is -8.59. The lowest BCUT2D eigenvalue weighted by atomic mass is 10.2. The fourth-order valence-corrected chi connectivity index (χ4v) is 21.8. The van der Waals surface area contributed by atoms with Gasteiger partial charge in [0.1, 0.15) is 59.6 Å². The minimum absolute atomic E-state index is 0.00483. The molecule has 7 fully saturated rings. The molecule has 15 rings (SSSR count). The number of amides is 11. The van der Waals surface area contributed by atoms with Gasteiger partial charge in [-0.15, -0.1) is 0 Å². The van der Waals surface area contributed by atoms with E-state index in [0.717, 1.165) is 107 Å². The summed E-state index contributed by atoms with van der Waals surface area (Å²) < 4.78 is 229. The van der Waals surface area contributed by atoms with Crippen LogP contribution in [0.25, 0.3) is 0 Å². The van der Waals surface area contributed by atoms with E-state index in [9.17, 15) is 110 Å². The molecular weight excluding hydrogens is 2030 g/mol. The van der Waals surface area contributed by atoms with Gasteiger partial charge in [-0.2, -0.15) is 27.7 Å². The normalized spacial score (nSPS) is 18.3. The number of hydroxylamine groups is 4. The van der Waals surface area contributed by atoms with Crippen LogP contribution in [0.4, 0.5) is 41.1 Å². The average molecular weight is 2130 g/mol. The van der Waals surface area contributed by atoms with E-state index in [1.165, 1.54) is 121 Å². The highest BCUT2D eigenvalue weighted by Gasteiger charge is 2.48. The van der Waals surface area contributed by atoms with Gasteiger partial charge >= 0.3 is 24.2 Å². The van der Waals surface area contributed by atoms with Crippen molar-refractivity contribution in [3.63, 3.8) is 0 Å². The number of urea groups is 3. The third-order valence-corrected chi connectivity index (χ3v) is 30.8. The Morgan fingerprint density at radius 1 is 0.352 bits per heavy atom. The zero-order valence-corrected chi connectivity index (χ0v) is 80.6. The number of nitrogens with one attached hydrogen (secondary N) is 4. The van der Waals surface area contributed by atoms with Gasteiger partial charge in [-0.1, -0.05) is 11.6 Å². The van der Waals surface area contributed by atoms with Gasteiger partial charge in [0.2, 0.25) is 40.1 Å². The van der Waals surface area contributed by atoms with E-state index in [2.05, 4.69) is 0 Å². The number of hydrogen-bond donors (Lipinski definition) is 8. The zero-order valence-electron chi connectivity index (χ0n) is 76.6. The molecule has 7 aliphatic rings. The number of halogens is 6. The molecule has 8 N–H and O–H groups in total. The maximum absolute atomic E-state index is 14.8. The lowest BCUT2D eigenvalue weighted by Gasteiger charge is -2.41. The van der Waals surface area contributed by atoms with Gasteiger partial charge in [0.05, 0.1) is 89.1 Å². The highest BCUT2D eigenvalue weighted by Crippen LogP contribution is 2.37. The molecule has 0 bridgehead atoms. The van der Waals surface area contributed by atoms with Crippen molar-refractivity contribution in [2.45, 2.75) is 43.7 Å². The molecule has 0 aromatic heterocycles. The van der Waals surface area contributed by atoms with Gasteiger partial charge in [0, 0.05) is 130 Å². The Balaban J connectivity index is 0.000000172. The van der Waals surface area contributed by atoms with Gasteiger partial charge in [-0.05, 0) is 170 Å². The Bertz CT molecular complexity index is 6380. The van der Waals surface area contributed by atoms with E-state index in [0.29, 0.717) is 101 Å². The van der Waals surface area contributed by atoms with Crippen LogP contribution < -0.4 is 40.9 Å².